The van der Waals surface area contributed by atoms with Crippen LogP contribution in [0.1, 0.15) is 18.4 Å². The van der Waals surface area contributed by atoms with E-state index in [0.29, 0.717) is 6.54 Å². The van der Waals surface area contributed by atoms with E-state index in [9.17, 15) is 4.39 Å². The molecule has 17 heavy (non-hydrogen) atoms. The van der Waals surface area contributed by atoms with E-state index in [4.69, 9.17) is 10.5 Å². The molecule has 0 bridgehead atoms. The Morgan fingerprint density at radius 3 is 2.29 bits per heavy atom. The molecule has 0 atom stereocenters. The standard InChI is InChI=1S/C13H18FNO.ClH/c14-12-3-1-11(2-4-12)9-13(10-15)5-7-16-8-6-13;/h1-4H,5-10,15H2;1H. The van der Waals surface area contributed by atoms with Gasteiger partial charge >= 0.3 is 0 Å². The van der Waals surface area contributed by atoms with Gasteiger partial charge in [-0.1, -0.05) is 12.1 Å². The summed E-state index contributed by atoms with van der Waals surface area (Å²) in [4.78, 5) is 0. The van der Waals surface area contributed by atoms with Crippen LogP contribution in [0.2, 0.25) is 0 Å². The van der Waals surface area contributed by atoms with Crippen molar-refractivity contribution in [3.8, 4) is 0 Å². The Morgan fingerprint density at radius 2 is 1.76 bits per heavy atom. The lowest BCUT2D eigenvalue weighted by molar-refractivity contribution is 0.0191. The fourth-order valence-electron chi connectivity index (χ4n) is 2.29. The highest BCUT2D eigenvalue weighted by Gasteiger charge is 2.31. The molecule has 0 amide bonds. The van der Waals surface area contributed by atoms with Gasteiger partial charge in [-0.3, -0.25) is 0 Å². The predicted octanol–water partition coefficient (Wildman–Crippen LogP) is 2.55. The zero-order valence-corrected chi connectivity index (χ0v) is 10.6. The van der Waals surface area contributed by atoms with E-state index >= 15 is 0 Å². The highest BCUT2D eigenvalue weighted by Crippen LogP contribution is 2.33. The van der Waals surface area contributed by atoms with Gasteiger partial charge in [0.2, 0.25) is 0 Å². The van der Waals surface area contributed by atoms with Gasteiger partial charge in [0.05, 0.1) is 0 Å². The van der Waals surface area contributed by atoms with Crippen LogP contribution in [0.25, 0.3) is 0 Å². The number of hydrogen-bond acceptors (Lipinski definition) is 2. The van der Waals surface area contributed by atoms with Gasteiger partial charge in [0.1, 0.15) is 5.82 Å². The quantitative estimate of drug-likeness (QED) is 0.906. The Balaban J connectivity index is 0.00000144. The molecule has 0 spiro atoms. The summed E-state index contributed by atoms with van der Waals surface area (Å²) in [6.07, 6.45) is 2.93. The molecular formula is C13H19ClFNO. The highest BCUT2D eigenvalue weighted by atomic mass is 35.5. The molecule has 1 fully saturated rings. The van der Waals surface area contributed by atoms with Gasteiger partial charge in [0, 0.05) is 13.2 Å². The van der Waals surface area contributed by atoms with E-state index in [1.807, 2.05) is 12.1 Å². The van der Waals surface area contributed by atoms with Crippen LogP contribution in [0.15, 0.2) is 24.3 Å². The van der Waals surface area contributed by atoms with Crippen LogP contribution >= 0.6 is 12.4 Å². The molecule has 2 rings (SSSR count). The third-order valence-electron chi connectivity index (χ3n) is 3.48. The van der Waals surface area contributed by atoms with Crippen molar-refractivity contribution in [1.82, 2.24) is 0 Å². The van der Waals surface area contributed by atoms with Crippen molar-refractivity contribution < 1.29 is 9.13 Å². The third kappa shape index (κ3) is 3.66. The minimum Gasteiger partial charge on any atom is -0.381 e. The Labute approximate surface area is 108 Å². The second kappa shape index (κ2) is 6.34. The second-order valence-corrected chi connectivity index (χ2v) is 4.62. The van der Waals surface area contributed by atoms with Crippen LogP contribution in [0.5, 0.6) is 0 Å². The fraction of sp³-hybridized carbons (Fsp3) is 0.538. The van der Waals surface area contributed by atoms with E-state index in [2.05, 4.69) is 0 Å². The molecule has 2 nitrogen and oxygen atoms in total. The Morgan fingerprint density at radius 1 is 1.18 bits per heavy atom. The molecule has 1 aromatic rings. The third-order valence-corrected chi connectivity index (χ3v) is 3.48. The molecule has 1 aliphatic heterocycles. The lowest BCUT2D eigenvalue weighted by Gasteiger charge is -2.36. The van der Waals surface area contributed by atoms with Gasteiger partial charge in [-0.2, -0.15) is 0 Å². The SMILES string of the molecule is Cl.NCC1(Cc2ccc(F)cc2)CCOCC1. The summed E-state index contributed by atoms with van der Waals surface area (Å²) >= 11 is 0. The van der Waals surface area contributed by atoms with E-state index in [-0.39, 0.29) is 23.6 Å². The molecule has 0 aromatic heterocycles. The Kier molecular flexibility index (Phi) is 5.37. The highest BCUT2D eigenvalue weighted by molar-refractivity contribution is 5.85. The molecule has 1 aliphatic rings. The number of benzene rings is 1. The predicted molar refractivity (Wildman–Crippen MR) is 68.9 cm³/mol. The minimum absolute atomic E-state index is 0. The Bertz CT molecular complexity index is 336. The second-order valence-electron chi connectivity index (χ2n) is 4.62. The van der Waals surface area contributed by atoms with Crippen LogP contribution in [0, 0.1) is 11.2 Å². The maximum absolute atomic E-state index is 12.8. The minimum atomic E-state index is -0.183. The van der Waals surface area contributed by atoms with Crippen LogP contribution in [0.4, 0.5) is 4.39 Å². The molecule has 1 heterocycles. The topological polar surface area (TPSA) is 35.2 Å². The summed E-state index contributed by atoms with van der Waals surface area (Å²) in [5, 5.41) is 0. The molecule has 96 valence electrons. The zero-order valence-electron chi connectivity index (χ0n) is 9.82. The van der Waals surface area contributed by atoms with Gasteiger partial charge in [0.25, 0.3) is 0 Å². The van der Waals surface area contributed by atoms with Crippen molar-refractivity contribution in [2.24, 2.45) is 11.1 Å². The van der Waals surface area contributed by atoms with E-state index in [0.717, 1.165) is 38.0 Å². The first-order valence-electron chi connectivity index (χ1n) is 5.76. The maximum Gasteiger partial charge on any atom is 0.123 e. The van der Waals surface area contributed by atoms with Gasteiger partial charge < -0.3 is 10.5 Å². The lowest BCUT2D eigenvalue weighted by atomic mass is 9.75. The van der Waals surface area contributed by atoms with E-state index in [1.54, 1.807) is 0 Å². The molecule has 4 heteroatoms. The zero-order chi connectivity index (χ0) is 11.4. The average molecular weight is 260 g/mol. The largest absolute Gasteiger partial charge is 0.381 e. The van der Waals surface area contributed by atoms with Crippen LogP contribution in [-0.4, -0.2) is 19.8 Å². The first-order valence-corrected chi connectivity index (χ1v) is 5.76. The summed E-state index contributed by atoms with van der Waals surface area (Å²) in [6, 6.07) is 6.72. The van der Waals surface area contributed by atoms with Crippen molar-refractivity contribution >= 4 is 12.4 Å². The molecule has 0 radical (unpaired) electrons. The first-order chi connectivity index (χ1) is 7.74. The summed E-state index contributed by atoms with van der Waals surface area (Å²) in [7, 11) is 0. The average Bonchev–Trinajstić information content (AvgIpc) is 2.33. The van der Waals surface area contributed by atoms with E-state index in [1.165, 1.54) is 12.1 Å². The number of nitrogens with two attached hydrogens (primary N) is 1. The van der Waals surface area contributed by atoms with Gasteiger partial charge in [-0.15, -0.1) is 12.4 Å². The summed E-state index contributed by atoms with van der Waals surface area (Å²) in [5.74, 6) is -0.183. The number of ether oxygens (including phenoxy) is 1. The molecule has 1 aromatic carbocycles. The fourth-order valence-corrected chi connectivity index (χ4v) is 2.29. The van der Waals surface area contributed by atoms with Crippen LogP contribution in [0.3, 0.4) is 0 Å². The lowest BCUT2D eigenvalue weighted by Crippen LogP contribution is -2.38. The normalized spacial score (nSPS) is 18.5. The van der Waals surface area contributed by atoms with Crippen molar-refractivity contribution in [3.05, 3.63) is 35.6 Å². The van der Waals surface area contributed by atoms with Crippen molar-refractivity contribution in [3.63, 3.8) is 0 Å². The molecule has 0 unspecified atom stereocenters. The number of hydrogen-bond donors (Lipinski definition) is 1. The smallest absolute Gasteiger partial charge is 0.123 e. The molecular weight excluding hydrogens is 241 g/mol. The Hall–Kier alpha value is -0.640. The summed E-state index contributed by atoms with van der Waals surface area (Å²) < 4.78 is 18.2. The number of rotatable bonds is 3. The van der Waals surface area contributed by atoms with Crippen LogP contribution in [-0.2, 0) is 11.2 Å². The van der Waals surface area contributed by atoms with Crippen molar-refractivity contribution in [2.45, 2.75) is 19.3 Å². The first kappa shape index (κ1) is 14.4. The molecule has 2 N–H and O–H groups in total. The molecule has 0 saturated carbocycles. The molecule has 1 saturated heterocycles. The maximum atomic E-state index is 12.8. The van der Waals surface area contributed by atoms with Crippen molar-refractivity contribution in [2.75, 3.05) is 19.8 Å². The van der Waals surface area contributed by atoms with Gasteiger partial charge in [-0.05, 0) is 48.9 Å². The summed E-state index contributed by atoms with van der Waals surface area (Å²) in [6.45, 7) is 2.25. The van der Waals surface area contributed by atoms with Crippen LogP contribution < -0.4 is 5.73 Å². The number of halogens is 2. The molecule has 0 aliphatic carbocycles. The van der Waals surface area contributed by atoms with Gasteiger partial charge in [-0.25, -0.2) is 4.39 Å². The summed E-state index contributed by atoms with van der Waals surface area (Å²) in [5.41, 5.74) is 7.20. The monoisotopic (exact) mass is 259 g/mol. The van der Waals surface area contributed by atoms with Crippen molar-refractivity contribution in [1.29, 1.82) is 0 Å². The van der Waals surface area contributed by atoms with Gasteiger partial charge in [0.15, 0.2) is 0 Å². The van der Waals surface area contributed by atoms with E-state index < -0.39 is 0 Å².